The maximum Gasteiger partial charge on any atom is 0.339 e. The molecule has 0 spiro atoms. The van der Waals surface area contributed by atoms with Crippen molar-refractivity contribution in [1.29, 1.82) is 0 Å². The van der Waals surface area contributed by atoms with Crippen molar-refractivity contribution in [3.8, 4) is 11.5 Å². The molecule has 0 unspecified atom stereocenters. The van der Waals surface area contributed by atoms with Crippen LogP contribution in [0.25, 0.3) is 0 Å². The Morgan fingerprint density at radius 2 is 1.88 bits per heavy atom. The standard InChI is InChI=1S/C19H20ClNO5/c1-3-26-17-10-12(4-6-14(17)19(23)24)8-9-21-18(22)15-11-13(20)5-7-16(15)25-2/h4-7,10-11H,3,8-9H2,1-2H3,(H,21,22)(H,23,24). The van der Waals surface area contributed by atoms with Gasteiger partial charge in [-0.2, -0.15) is 0 Å². The van der Waals surface area contributed by atoms with Crippen molar-refractivity contribution in [2.24, 2.45) is 0 Å². The van der Waals surface area contributed by atoms with Gasteiger partial charge in [-0.3, -0.25) is 4.79 Å². The van der Waals surface area contributed by atoms with Gasteiger partial charge < -0.3 is 19.9 Å². The highest BCUT2D eigenvalue weighted by Gasteiger charge is 2.14. The molecule has 0 saturated heterocycles. The van der Waals surface area contributed by atoms with Gasteiger partial charge in [-0.05, 0) is 49.2 Å². The average molecular weight is 378 g/mol. The van der Waals surface area contributed by atoms with E-state index in [1.807, 2.05) is 0 Å². The van der Waals surface area contributed by atoms with Crippen LogP contribution in [-0.4, -0.2) is 37.2 Å². The second kappa shape index (κ2) is 9.10. The van der Waals surface area contributed by atoms with Crippen molar-refractivity contribution in [2.45, 2.75) is 13.3 Å². The van der Waals surface area contributed by atoms with Gasteiger partial charge in [0.25, 0.3) is 5.91 Å². The van der Waals surface area contributed by atoms with Crippen molar-refractivity contribution in [3.05, 3.63) is 58.1 Å². The minimum atomic E-state index is -1.04. The Bertz CT molecular complexity index is 807. The first kappa shape index (κ1) is 19.6. The van der Waals surface area contributed by atoms with Crippen molar-refractivity contribution in [2.75, 3.05) is 20.3 Å². The molecule has 0 aliphatic carbocycles. The number of carbonyl (C=O) groups excluding carboxylic acids is 1. The number of methoxy groups -OCH3 is 1. The number of nitrogens with one attached hydrogen (secondary N) is 1. The zero-order valence-electron chi connectivity index (χ0n) is 14.5. The predicted molar refractivity (Wildman–Crippen MR) is 98.6 cm³/mol. The molecule has 1 amide bonds. The highest BCUT2D eigenvalue weighted by atomic mass is 35.5. The summed E-state index contributed by atoms with van der Waals surface area (Å²) in [5, 5.41) is 12.4. The number of benzene rings is 2. The highest BCUT2D eigenvalue weighted by Crippen LogP contribution is 2.23. The van der Waals surface area contributed by atoms with Crippen LogP contribution in [0.2, 0.25) is 5.02 Å². The molecule has 0 aliphatic rings. The van der Waals surface area contributed by atoms with Crippen LogP contribution >= 0.6 is 11.6 Å². The molecule has 2 aromatic carbocycles. The molecule has 2 N–H and O–H groups in total. The van der Waals surface area contributed by atoms with Gasteiger partial charge in [-0.1, -0.05) is 17.7 Å². The molecule has 0 aromatic heterocycles. The fraction of sp³-hybridized carbons (Fsp3) is 0.263. The van der Waals surface area contributed by atoms with Gasteiger partial charge in [0.15, 0.2) is 0 Å². The Kier molecular flexibility index (Phi) is 6.86. The summed E-state index contributed by atoms with van der Waals surface area (Å²) in [4.78, 5) is 23.5. The van der Waals surface area contributed by atoms with E-state index in [9.17, 15) is 14.7 Å². The van der Waals surface area contributed by atoms with Crippen LogP contribution in [0.15, 0.2) is 36.4 Å². The summed E-state index contributed by atoms with van der Waals surface area (Å²) in [6.07, 6.45) is 0.522. The molecule has 0 saturated carbocycles. The van der Waals surface area contributed by atoms with E-state index < -0.39 is 5.97 Å². The van der Waals surface area contributed by atoms with Crippen LogP contribution in [0, 0.1) is 0 Å². The van der Waals surface area contributed by atoms with Gasteiger partial charge in [0.05, 0.1) is 19.3 Å². The Morgan fingerprint density at radius 1 is 1.12 bits per heavy atom. The first-order valence-corrected chi connectivity index (χ1v) is 8.44. The van der Waals surface area contributed by atoms with E-state index in [0.29, 0.717) is 41.7 Å². The van der Waals surface area contributed by atoms with E-state index >= 15 is 0 Å². The van der Waals surface area contributed by atoms with Crippen molar-refractivity contribution in [3.63, 3.8) is 0 Å². The molecule has 0 fully saturated rings. The number of carbonyl (C=O) groups is 2. The molecule has 2 aromatic rings. The maximum atomic E-state index is 12.3. The number of rotatable bonds is 8. The molecule has 0 radical (unpaired) electrons. The Morgan fingerprint density at radius 3 is 2.54 bits per heavy atom. The first-order chi connectivity index (χ1) is 12.5. The van der Waals surface area contributed by atoms with Crippen molar-refractivity contribution >= 4 is 23.5 Å². The molecule has 6 nitrogen and oxygen atoms in total. The molecule has 138 valence electrons. The fourth-order valence-electron chi connectivity index (χ4n) is 2.45. The average Bonchev–Trinajstić information content (AvgIpc) is 2.61. The summed E-state index contributed by atoms with van der Waals surface area (Å²) in [5.74, 6) is -0.574. The second-order valence-corrected chi connectivity index (χ2v) is 5.86. The lowest BCUT2D eigenvalue weighted by Crippen LogP contribution is -2.26. The monoisotopic (exact) mass is 377 g/mol. The van der Waals surface area contributed by atoms with Crippen molar-refractivity contribution in [1.82, 2.24) is 5.32 Å². The molecule has 0 atom stereocenters. The first-order valence-electron chi connectivity index (χ1n) is 8.07. The fourth-order valence-corrected chi connectivity index (χ4v) is 2.62. The number of aromatic carboxylic acids is 1. The Labute approximate surface area is 156 Å². The third kappa shape index (κ3) is 4.89. The largest absolute Gasteiger partial charge is 0.496 e. The van der Waals surface area contributed by atoms with Gasteiger partial charge in [-0.15, -0.1) is 0 Å². The summed E-state index contributed by atoms with van der Waals surface area (Å²) in [6, 6.07) is 9.72. The number of hydrogen-bond donors (Lipinski definition) is 2. The summed E-state index contributed by atoms with van der Waals surface area (Å²) in [5.41, 5.74) is 1.33. The van der Waals surface area contributed by atoms with Crippen LogP contribution in [0.1, 0.15) is 33.2 Å². The van der Waals surface area contributed by atoms with Crippen LogP contribution in [0.5, 0.6) is 11.5 Å². The quantitative estimate of drug-likeness (QED) is 0.736. The minimum Gasteiger partial charge on any atom is -0.496 e. The van der Waals surface area contributed by atoms with Gasteiger partial charge in [0.2, 0.25) is 0 Å². The van der Waals surface area contributed by atoms with E-state index in [0.717, 1.165) is 5.56 Å². The smallest absolute Gasteiger partial charge is 0.339 e. The summed E-state index contributed by atoms with van der Waals surface area (Å²) in [6.45, 7) is 2.53. The molecular weight excluding hydrogens is 358 g/mol. The lowest BCUT2D eigenvalue weighted by Gasteiger charge is -2.11. The minimum absolute atomic E-state index is 0.114. The van der Waals surface area contributed by atoms with E-state index in [-0.39, 0.29) is 11.5 Å². The second-order valence-electron chi connectivity index (χ2n) is 5.42. The van der Waals surface area contributed by atoms with Crippen LogP contribution in [0.4, 0.5) is 0 Å². The number of amides is 1. The molecule has 2 rings (SSSR count). The van der Waals surface area contributed by atoms with E-state index in [2.05, 4.69) is 5.32 Å². The number of carboxylic acids is 1. The third-order valence-electron chi connectivity index (χ3n) is 3.68. The number of ether oxygens (including phenoxy) is 2. The SMILES string of the molecule is CCOc1cc(CCNC(=O)c2cc(Cl)ccc2OC)ccc1C(=O)O. The lowest BCUT2D eigenvalue weighted by atomic mass is 10.1. The van der Waals surface area contributed by atoms with Gasteiger partial charge in [-0.25, -0.2) is 4.79 Å². The van der Waals surface area contributed by atoms with Crippen LogP contribution < -0.4 is 14.8 Å². The summed E-state index contributed by atoms with van der Waals surface area (Å²) >= 11 is 5.94. The zero-order chi connectivity index (χ0) is 19.1. The number of halogens is 1. The molecule has 0 heterocycles. The number of hydrogen-bond acceptors (Lipinski definition) is 4. The van der Waals surface area contributed by atoms with E-state index in [1.165, 1.54) is 13.2 Å². The van der Waals surface area contributed by atoms with Gasteiger partial charge >= 0.3 is 5.97 Å². The molecule has 0 bridgehead atoms. The zero-order valence-corrected chi connectivity index (χ0v) is 15.3. The Hall–Kier alpha value is -2.73. The molecule has 7 heteroatoms. The third-order valence-corrected chi connectivity index (χ3v) is 3.92. The van der Waals surface area contributed by atoms with Gasteiger partial charge in [0.1, 0.15) is 17.1 Å². The highest BCUT2D eigenvalue weighted by molar-refractivity contribution is 6.31. The maximum absolute atomic E-state index is 12.3. The van der Waals surface area contributed by atoms with Crippen LogP contribution in [-0.2, 0) is 6.42 Å². The van der Waals surface area contributed by atoms with Crippen LogP contribution in [0.3, 0.4) is 0 Å². The van der Waals surface area contributed by atoms with Gasteiger partial charge in [0, 0.05) is 11.6 Å². The van der Waals surface area contributed by atoms with E-state index in [1.54, 1.807) is 37.3 Å². The summed E-state index contributed by atoms with van der Waals surface area (Å²) in [7, 11) is 1.49. The molecule has 26 heavy (non-hydrogen) atoms. The summed E-state index contributed by atoms with van der Waals surface area (Å²) < 4.78 is 10.6. The Balaban J connectivity index is 2.03. The van der Waals surface area contributed by atoms with E-state index in [4.69, 9.17) is 21.1 Å². The topological polar surface area (TPSA) is 84.9 Å². The lowest BCUT2D eigenvalue weighted by molar-refractivity contribution is 0.0692. The predicted octanol–water partition coefficient (Wildman–Crippen LogP) is 3.42. The molecule has 0 aliphatic heterocycles. The normalized spacial score (nSPS) is 10.3. The number of carboxylic acid groups (broad SMARTS) is 1. The van der Waals surface area contributed by atoms with Crippen molar-refractivity contribution < 1.29 is 24.2 Å². The molecular formula is C19H20ClNO5.